The molecule has 0 aromatic heterocycles. The van der Waals surface area contributed by atoms with Crippen molar-refractivity contribution >= 4 is 17.1 Å². The topological polar surface area (TPSA) is 43.7 Å². The van der Waals surface area contributed by atoms with Gasteiger partial charge in [0.2, 0.25) is 0 Å². The summed E-state index contributed by atoms with van der Waals surface area (Å²) in [6.07, 6.45) is 3.35. The van der Waals surface area contributed by atoms with Crippen molar-refractivity contribution in [2.45, 2.75) is 39.5 Å². The second-order valence-electron chi connectivity index (χ2n) is 7.59. The molecule has 0 aliphatic heterocycles. The average Bonchev–Trinajstić information content (AvgIpc) is 2.75. The predicted molar refractivity (Wildman–Crippen MR) is 121 cm³/mol. The lowest BCUT2D eigenvalue weighted by Gasteiger charge is -2.26. The molecule has 2 N–H and O–H groups in total. The summed E-state index contributed by atoms with van der Waals surface area (Å²) < 4.78 is 0. The summed E-state index contributed by atoms with van der Waals surface area (Å²) in [5.41, 5.74) is 8.40. The smallest absolute Gasteiger partial charge is 0.0464 e. The first-order chi connectivity index (χ1) is 14.1. The van der Waals surface area contributed by atoms with Crippen LogP contribution in [0.2, 0.25) is 0 Å². The number of aliphatic hydroxyl groups is 2. The number of rotatable bonds is 9. The Morgan fingerprint density at radius 3 is 1.45 bits per heavy atom. The Bertz CT molecular complexity index is 849. The van der Waals surface area contributed by atoms with Gasteiger partial charge in [-0.25, -0.2) is 0 Å². The number of nitrogens with zero attached hydrogens (tertiary/aromatic N) is 1. The van der Waals surface area contributed by atoms with Crippen LogP contribution in [0, 0.1) is 13.8 Å². The van der Waals surface area contributed by atoms with Gasteiger partial charge in [-0.2, -0.15) is 0 Å². The summed E-state index contributed by atoms with van der Waals surface area (Å²) in [6, 6.07) is 23.8. The molecule has 0 atom stereocenters. The van der Waals surface area contributed by atoms with Crippen LogP contribution in [0.15, 0.2) is 66.7 Å². The first-order valence-corrected chi connectivity index (χ1v) is 10.4. The normalized spacial score (nSPS) is 10.9. The van der Waals surface area contributed by atoms with E-state index in [0.717, 1.165) is 42.7 Å². The van der Waals surface area contributed by atoms with Gasteiger partial charge in [-0.15, -0.1) is 0 Å². The lowest BCUT2D eigenvalue weighted by molar-refractivity contribution is 0.288. The Labute approximate surface area is 174 Å². The van der Waals surface area contributed by atoms with E-state index < -0.39 is 0 Å². The van der Waals surface area contributed by atoms with E-state index in [1.807, 2.05) is 0 Å². The minimum Gasteiger partial charge on any atom is -0.396 e. The highest BCUT2D eigenvalue weighted by atomic mass is 16.3. The van der Waals surface area contributed by atoms with Crippen molar-refractivity contribution in [3.05, 3.63) is 89.0 Å². The molecule has 0 saturated heterocycles. The first-order valence-electron chi connectivity index (χ1n) is 10.4. The Morgan fingerprint density at radius 2 is 1.03 bits per heavy atom. The van der Waals surface area contributed by atoms with E-state index in [1.54, 1.807) is 0 Å². The quantitative estimate of drug-likeness (QED) is 0.499. The molecule has 0 aliphatic rings. The number of anilines is 3. The standard InChI is InChI=1S/C26H31NO2/c1-20-7-12-26(19-21(20)2)27(24-13-8-22(9-14-24)5-3-17-28)25-15-10-23(11-16-25)6-4-18-29/h7-16,19,28-29H,3-6,17-18H2,1-2H3. The van der Waals surface area contributed by atoms with Gasteiger partial charge in [0.15, 0.2) is 0 Å². The lowest BCUT2D eigenvalue weighted by Crippen LogP contribution is -2.10. The van der Waals surface area contributed by atoms with Crippen molar-refractivity contribution in [1.29, 1.82) is 0 Å². The zero-order valence-electron chi connectivity index (χ0n) is 17.4. The maximum Gasteiger partial charge on any atom is 0.0464 e. The van der Waals surface area contributed by atoms with Gasteiger partial charge < -0.3 is 15.1 Å². The fourth-order valence-corrected chi connectivity index (χ4v) is 3.50. The van der Waals surface area contributed by atoms with Crippen LogP contribution in [0.25, 0.3) is 0 Å². The molecule has 29 heavy (non-hydrogen) atoms. The van der Waals surface area contributed by atoms with Crippen LogP contribution in [-0.2, 0) is 12.8 Å². The fourth-order valence-electron chi connectivity index (χ4n) is 3.50. The molecular weight excluding hydrogens is 358 g/mol. The molecule has 0 fully saturated rings. The minimum absolute atomic E-state index is 0.221. The third-order valence-electron chi connectivity index (χ3n) is 5.38. The van der Waals surface area contributed by atoms with E-state index in [-0.39, 0.29) is 13.2 Å². The van der Waals surface area contributed by atoms with Gasteiger partial charge >= 0.3 is 0 Å². The van der Waals surface area contributed by atoms with Crippen molar-refractivity contribution in [1.82, 2.24) is 0 Å². The van der Waals surface area contributed by atoms with Gasteiger partial charge in [-0.1, -0.05) is 30.3 Å². The molecule has 3 rings (SSSR count). The number of aliphatic hydroxyl groups excluding tert-OH is 2. The molecular formula is C26H31NO2. The molecule has 3 heteroatoms. The predicted octanol–water partition coefficient (Wildman–Crippen LogP) is 5.62. The Balaban J connectivity index is 1.96. The fraction of sp³-hybridized carbons (Fsp3) is 0.308. The summed E-state index contributed by atoms with van der Waals surface area (Å²) in [5.74, 6) is 0. The van der Waals surface area contributed by atoms with Gasteiger partial charge in [0.25, 0.3) is 0 Å². The molecule has 0 spiro atoms. The SMILES string of the molecule is Cc1ccc(N(c2ccc(CCCO)cc2)c2ccc(CCCO)cc2)cc1C. The zero-order valence-corrected chi connectivity index (χ0v) is 17.4. The number of hydrogen-bond acceptors (Lipinski definition) is 3. The second kappa shape index (κ2) is 10.2. The van der Waals surface area contributed by atoms with Crippen LogP contribution in [-0.4, -0.2) is 23.4 Å². The van der Waals surface area contributed by atoms with E-state index in [0.29, 0.717) is 0 Å². The molecule has 0 bridgehead atoms. The maximum atomic E-state index is 9.07. The van der Waals surface area contributed by atoms with Crippen molar-refractivity contribution < 1.29 is 10.2 Å². The number of aryl methyl sites for hydroxylation is 4. The van der Waals surface area contributed by atoms with E-state index in [1.165, 1.54) is 22.3 Å². The van der Waals surface area contributed by atoms with Crippen LogP contribution in [0.1, 0.15) is 35.1 Å². The molecule has 0 aliphatic carbocycles. The first kappa shape index (κ1) is 21.1. The molecule has 3 aromatic rings. The molecule has 0 heterocycles. The molecule has 0 amide bonds. The summed E-state index contributed by atoms with van der Waals surface area (Å²) in [4.78, 5) is 2.28. The summed E-state index contributed by atoms with van der Waals surface area (Å²) >= 11 is 0. The highest BCUT2D eigenvalue weighted by Crippen LogP contribution is 2.35. The van der Waals surface area contributed by atoms with Gasteiger partial charge in [0, 0.05) is 30.3 Å². The van der Waals surface area contributed by atoms with Gasteiger partial charge in [0.1, 0.15) is 0 Å². The maximum absolute atomic E-state index is 9.07. The van der Waals surface area contributed by atoms with Gasteiger partial charge in [0.05, 0.1) is 0 Å². The summed E-state index contributed by atoms with van der Waals surface area (Å²) in [7, 11) is 0. The molecule has 3 aromatic carbocycles. The Hall–Kier alpha value is -2.62. The van der Waals surface area contributed by atoms with Crippen LogP contribution in [0.5, 0.6) is 0 Å². The highest BCUT2D eigenvalue weighted by molar-refractivity contribution is 5.77. The van der Waals surface area contributed by atoms with Gasteiger partial charge in [-0.3, -0.25) is 0 Å². The Kier molecular flexibility index (Phi) is 7.45. The van der Waals surface area contributed by atoms with Crippen molar-refractivity contribution in [2.75, 3.05) is 18.1 Å². The zero-order chi connectivity index (χ0) is 20.6. The molecule has 152 valence electrons. The third kappa shape index (κ3) is 5.47. The summed E-state index contributed by atoms with van der Waals surface area (Å²) in [6.45, 7) is 4.72. The highest BCUT2D eigenvalue weighted by Gasteiger charge is 2.13. The van der Waals surface area contributed by atoms with Crippen LogP contribution >= 0.6 is 0 Å². The monoisotopic (exact) mass is 389 g/mol. The largest absolute Gasteiger partial charge is 0.396 e. The van der Waals surface area contributed by atoms with Crippen LogP contribution in [0.3, 0.4) is 0 Å². The number of hydrogen-bond donors (Lipinski definition) is 2. The van der Waals surface area contributed by atoms with E-state index in [9.17, 15) is 0 Å². The summed E-state index contributed by atoms with van der Waals surface area (Å²) in [5, 5.41) is 18.1. The van der Waals surface area contributed by atoms with E-state index >= 15 is 0 Å². The van der Waals surface area contributed by atoms with E-state index in [4.69, 9.17) is 10.2 Å². The van der Waals surface area contributed by atoms with Crippen molar-refractivity contribution in [3.63, 3.8) is 0 Å². The number of benzene rings is 3. The van der Waals surface area contributed by atoms with Crippen molar-refractivity contribution in [3.8, 4) is 0 Å². The van der Waals surface area contributed by atoms with Crippen molar-refractivity contribution in [2.24, 2.45) is 0 Å². The average molecular weight is 390 g/mol. The Morgan fingerprint density at radius 1 is 0.586 bits per heavy atom. The molecule has 0 saturated carbocycles. The van der Waals surface area contributed by atoms with Crippen LogP contribution < -0.4 is 4.90 Å². The molecule has 3 nitrogen and oxygen atoms in total. The third-order valence-corrected chi connectivity index (χ3v) is 5.38. The van der Waals surface area contributed by atoms with Gasteiger partial charge in [-0.05, 0) is 98.2 Å². The molecule has 0 unspecified atom stereocenters. The minimum atomic E-state index is 0.221. The van der Waals surface area contributed by atoms with Crippen LogP contribution in [0.4, 0.5) is 17.1 Å². The lowest BCUT2D eigenvalue weighted by atomic mass is 10.1. The van der Waals surface area contributed by atoms with E-state index in [2.05, 4.69) is 85.5 Å². The molecule has 0 radical (unpaired) electrons. The second-order valence-corrected chi connectivity index (χ2v) is 7.59.